The molecule has 4 heteroatoms. The molecule has 0 bridgehead atoms. The molecule has 1 heterocycles. The van der Waals surface area contributed by atoms with Crippen molar-refractivity contribution in [3.63, 3.8) is 0 Å². The Morgan fingerprint density at radius 2 is 1.32 bits per heavy atom. The van der Waals surface area contributed by atoms with Gasteiger partial charge in [-0.1, -0.05) is 60.7 Å². The van der Waals surface area contributed by atoms with Crippen LogP contribution in [0.25, 0.3) is 0 Å². The summed E-state index contributed by atoms with van der Waals surface area (Å²) in [5.41, 5.74) is 1.30. The molecule has 0 spiro atoms. The lowest BCUT2D eigenvalue weighted by atomic mass is 9.80. The van der Waals surface area contributed by atoms with Crippen molar-refractivity contribution < 1.29 is 4.74 Å². The molecule has 0 aliphatic carbocycles. The van der Waals surface area contributed by atoms with Crippen molar-refractivity contribution in [3.05, 3.63) is 94.3 Å². The molecule has 0 atom stereocenters. The molecule has 1 aliphatic heterocycles. The minimum absolute atomic E-state index is 0.0395. The number of nitriles is 3. The maximum absolute atomic E-state index is 9.63. The number of benzene rings is 2. The lowest BCUT2D eigenvalue weighted by Gasteiger charge is -2.32. The van der Waals surface area contributed by atoms with Gasteiger partial charge in [0.25, 0.3) is 0 Å². The highest BCUT2D eigenvalue weighted by Crippen LogP contribution is 2.50. The van der Waals surface area contributed by atoms with Crippen LogP contribution >= 0.6 is 0 Å². The van der Waals surface area contributed by atoms with Gasteiger partial charge in [0.2, 0.25) is 0 Å². The second-order valence-corrected chi connectivity index (χ2v) is 5.55. The predicted molar refractivity (Wildman–Crippen MR) is 91.3 cm³/mol. The maximum Gasteiger partial charge on any atom is 0.182 e. The van der Waals surface area contributed by atoms with Crippen molar-refractivity contribution in [1.82, 2.24) is 0 Å². The van der Waals surface area contributed by atoms with E-state index in [2.05, 4.69) is 6.07 Å². The van der Waals surface area contributed by atoms with E-state index in [-0.39, 0.29) is 16.9 Å². The molecule has 0 N–H and O–H groups in total. The van der Waals surface area contributed by atoms with Gasteiger partial charge in [0, 0.05) is 16.7 Å². The van der Waals surface area contributed by atoms with Gasteiger partial charge in [-0.15, -0.1) is 0 Å². The van der Waals surface area contributed by atoms with Crippen molar-refractivity contribution in [1.29, 1.82) is 15.8 Å². The Bertz CT molecular complexity index is 942. The van der Waals surface area contributed by atoms with Gasteiger partial charge in [0.05, 0.1) is 5.57 Å². The monoisotopic (exact) mass is 323 g/mol. The van der Waals surface area contributed by atoms with Crippen molar-refractivity contribution in [3.8, 4) is 18.2 Å². The number of hydrogen-bond acceptors (Lipinski definition) is 4. The van der Waals surface area contributed by atoms with E-state index in [1.165, 1.54) is 0 Å². The first-order valence-corrected chi connectivity index (χ1v) is 7.65. The third kappa shape index (κ3) is 2.36. The fraction of sp³-hybridized carbons (Fsp3) is 0.0952. The SMILES string of the molecule is CC1=C(C#N)C(=C(C#N)C#N)OC1(c1ccccc1)c1ccccc1. The van der Waals surface area contributed by atoms with E-state index < -0.39 is 5.60 Å². The molecule has 0 fully saturated rings. The van der Waals surface area contributed by atoms with Gasteiger partial charge in [0.15, 0.2) is 16.9 Å². The molecule has 0 saturated carbocycles. The van der Waals surface area contributed by atoms with E-state index in [4.69, 9.17) is 4.74 Å². The van der Waals surface area contributed by atoms with Crippen molar-refractivity contribution in [2.24, 2.45) is 0 Å². The topological polar surface area (TPSA) is 80.6 Å². The molecule has 1 aliphatic rings. The first kappa shape index (κ1) is 16.1. The van der Waals surface area contributed by atoms with Crippen LogP contribution < -0.4 is 0 Å². The van der Waals surface area contributed by atoms with Gasteiger partial charge in [-0.3, -0.25) is 0 Å². The fourth-order valence-corrected chi connectivity index (χ4v) is 3.13. The number of allylic oxidation sites excluding steroid dienone is 2. The van der Waals surface area contributed by atoms with Crippen molar-refractivity contribution in [2.75, 3.05) is 0 Å². The van der Waals surface area contributed by atoms with E-state index in [9.17, 15) is 15.8 Å². The first-order chi connectivity index (χ1) is 12.2. The summed E-state index contributed by atoms with van der Waals surface area (Å²) in [5.74, 6) is 0.0395. The van der Waals surface area contributed by atoms with E-state index >= 15 is 0 Å². The molecule has 25 heavy (non-hydrogen) atoms. The highest BCUT2D eigenvalue weighted by atomic mass is 16.5. The average Bonchev–Trinajstić information content (AvgIpc) is 2.97. The van der Waals surface area contributed by atoms with E-state index in [0.717, 1.165) is 11.1 Å². The number of rotatable bonds is 2. The Morgan fingerprint density at radius 1 is 0.840 bits per heavy atom. The van der Waals surface area contributed by atoms with Gasteiger partial charge in [-0.05, 0) is 6.92 Å². The van der Waals surface area contributed by atoms with Gasteiger partial charge in [-0.25, -0.2) is 0 Å². The summed E-state index contributed by atoms with van der Waals surface area (Å²) in [5, 5.41) is 28.1. The highest BCUT2D eigenvalue weighted by molar-refractivity contribution is 5.62. The van der Waals surface area contributed by atoms with E-state index in [1.807, 2.05) is 72.8 Å². The molecule has 0 saturated heterocycles. The van der Waals surface area contributed by atoms with Crippen LogP contribution in [0.15, 0.2) is 83.1 Å². The average molecular weight is 323 g/mol. The summed E-state index contributed by atoms with van der Waals surface area (Å²) < 4.78 is 6.22. The molecule has 3 rings (SSSR count). The standard InChI is InChI=1S/C21H13N3O/c1-15-19(14-24)20(16(12-22)13-23)25-21(15,17-8-4-2-5-9-17)18-10-6-3-7-11-18/h2-11H,1H3. The Labute approximate surface area is 146 Å². The van der Waals surface area contributed by atoms with Crippen LogP contribution in [0.3, 0.4) is 0 Å². The molecule has 0 aromatic heterocycles. The molecule has 2 aromatic rings. The highest BCUT2D eigenvalue weighted by Gasteiger charge is 2.47. The van der Waals surface area contributed by atoms with E-state index in [0.29, 0.717) is 5.57 Å². The van der Waals surface area contributed by atoms with Crippen LogP contribution in [0.5, 0.6) is 0 Å². The quantitative estimate of drug-likeness (QED) is 0.779. The number of nitrogens with zero attached hydrogens (tertiary/aromatic N) is 3. The van der Waals surface area contributed by atoms with Gasteiger partial charge in [0.1, 0.15) is 18.2 Å². The molecular weight excluding hydrogens is 310 g/mol. The smallest absolute Gasteiger partial charge is 0.182 e. The number of ether oxygens (including phenoxy) is 1. The maximum atomic E-state index is 9.63. The Morgan fingerprint density at radius 3 is 1.72 bits per heavy atom. The predicted octanol–water partition coefficient (Wildman–Crippen LogP) is 4.10. The summed E-state index contributed by atoms with van der Waals surface area (Å²) in [6, 6.07) is 24.7. The van der Waals surface area contributed by atoms with Gasteiger partial charge >= 0.3 is 0 Å². The summed E-state index contributed by atoms with van der Waals surface area (Å²) >= 11 is 0. The zero-order valence-electron chi connectivity index (χ0n) is 13.5. The summed E-state index contributed by atoms with van der Waals surface area (Å²) in [7, 11) is 0. The van der Waals surface area contributed by atoms with Crippen LogP contribution in [-0.4, -0.2) is 0 Å². The minimum atomic E-state index is -1.04. The van der Waals surface area contributed by atoms with Crippen molar-refractivity contribution in [2.45, 2.75) is 12.5 Å². The second-order valence-electron chi connectivity index (χ2n) is 5.55. The third-order valence-corrected chi connectivity index (χ3v) is 4.31. The van der Waals surface area contributed by atoms with E-state index in [1.54, 1.807) is 6.92 Å². The lowest BCUT2D eigenvalue weighted by Crippen LogP contribution is -2.29. The Balaban J connectivity index is 2.39. The minimum Gasteiger partial charge on any atom is -0.470 e. The van der Waals surface area contributed by atoms with Crippen LogP contribution in [0.1, 0.15) is 18.1 Å². The molecule has 0 amide bonds. The zero-order valence-corrected chi connectivity index (χ0v) is 13.5. The van der Waals surface area contributed by atoms with Gasteiger partial charge < -0.3 is 4.74 Å². The zero-order chi connectivity index (χ0) is 17.9. The Hall–Kier alpha value is -3.81. The third-order valence-electron chi connectivity index (χ3n) is 4.31. The van der Waals surface area contributed by atoms with Crippen LogP contribution in [0, 0.1) is 34.0 Å². The molecule has 0 radical (unpaired) electrons. The number of hydrogen-bond donors (Lipinski definition) is 0. The molecule has 4 nitrogen and oxygen atoms in total. The molecule has 118 valence electrons. The summed E-state index contributed by atoms with van der Waals surface area (Å²) in [6.45, 7) is 1.80. The largest absolute Gasteiger partial charge is 0.470 e. The fourth-order valence-electron chi connectivity index (χ4n) is 3.13. The second kappa shape index (κ2) is 6.36. The molecular formula is C21H13N3O. The first-order valence-electron chi connectivity index (χ1n) is 7.65. The molecule has 2 aromatic carbocycles. The van der Waals surface area contributed by atoms with Crippen LogP contribution in [0.2, 0.25) is 0 Å². The van der Waals surface area contributed by atoms with Gasteiger partial charge in [-0.2, -0.15) is 15.8 Å². The summed E-state index contributed by atoms with van der Waals surface area (Å²) in [6.07, 6.45) is 0. The molecule has 0 unspecified atom stereocenters. The van der Waals surface area contributed by atoms with Crippen molar-refractivity contribution >= 4 is 0 Å². The Kier molecular flexibility index (Phi) is 4.09. The summed E-state index contributed by atoms with van der Waals surface area (Å²) in [4.78, 5) is 0. The van der Waals surface area contributed by atoms with Crippen LogP contribution in [-0.2, 0) is 10.3 Å². The lowest BCUT2D eigenvalue weighted by molar-refractivity contribution is 0.0932. The van der Waals surface area contributed by atoms with Crippen LogP contribution in [0.4, 0.5) is 0 Å². The normalized spacial score (nSPS) is 14.9.